The van der Waals surface area contributed by atoms with E-state index in [9.17, 15) is 4.79 Å². The number of halogens is 1. The van der Waals surface area contributed by atoms with Gasteiger partial charge >= 0.3 is 6.09 Å². The average molecular weight is 574 g/mol. The molecule has 2 aromatic rings. The third kappa shape index (κ3) is 6.91. The number of amides is 1. The summed E-state index contributed by atoms with van der Waals surface area (Å²) in [6.07, 6.45) is 2.99. The van der Waals surface area contributed by atoms with E-state index in [0.29, 0.717) is 25.8 Å². The zero-order valence-corrected chi connectivity index (χ0v) is 23.3. The average Bonchev–Trinajstić information content (AvgIpc) is 2.99. The Balaban J connectivity index is 1.89. The molecule has 0 N–H and O–H groups in total. The molecule has 0 radical (unpaired) electrons. The van der Waals surface area contributed by atoms with Crippen LogP contribution in [0.4, 0.5) is 10.6 Å². The largest absolute Gasteiger partial charge is 0.443 e. The Kier molecular flexibility index (Phi) is 8.27. The van der Waals surface area contributed by atoms with E-state index in [4.69, 9.17) is 14.2 Å². The zero-order valence-electron chi connectivity index (χ0n) is 20.1. The van der Waals surface area contributed by atoms with Crippen LogP contribution < -0.4 is 4.90 Å². The zero-order chi connectivity index (χ0) is 23.5. The van der Waals surface area contributed by atoms with Crippen LogP contribution >= 0.6 is 22.6 Å². The second-order valence-corrected chi connectivity index (χ2v) is 17.3. The smallest absolute Gasteiger partial charge is 0.416 e. The van der Waals surface area contributed by atoms with E-state index < -0.39 is 13.7 Å². The summed E-state index contributed by atoms with van der Waals surface area (Å²) in [6.45, 7) is 15.2. The van der Waals surface area contributed by atoms with Crippen molar-refractivity contribution >= 4 is 53.5 Å². The molecule has 1 aliphatic heterocycles. The molecule has 0 spiro atoms. The highest BCUT2D eigenvalue weighted by Crippen LogP contribution is 2.29. The Morgan fingerprint density at radius 1 is 1.28 bits per heavy atom. The van der Waals surface area contributed by atoms with Crippen molar-refractivity contribution in [3.63, 3.8) is 0 Å². The van der Waals surface area contributed by atoms with E-state index in [2.05, 4.69) is 57.8 Å². The summed E-state index contributed by atoms with van der Waals surface area (Å²) in [5.74, 6) is 0.608. The molecule has 1 saturated heterocycles. The Bertz CT molecular complexity index is 930. The molecule has 32 heavy (non-hydrogen) atoms. The molecule has 7 nitrogen and oxygen atoms in total. The van der Waals surface area contributed by atoms with Crippen LogP contribution in [0.1, 0.15) is 33.6 Å². The van der Waals surface area contributed by atoms with Gasteiger partial charge in [-0.05, 0) is 68.3 Å². The van der Waals surface area contributed by atoms with Crippen molar-refractivity contribution in [2.45, 2.75) is 77.7 Å². The first-order valence-corrected chi connectivity index (χ1v) is 16.1. The summed E-state index contributed by atoms with van der Waals surface area (Å²) >= 11 is 2.33. The molecule has 1 amide bonds. The van der Waals surface area contributed by atoms with E-state index in [0.717, 1.165) is 40.1 Å². The van der Waals surface area contributed by atoms with Crippen molar-refractivity contribution < 1.29 is 19.0 Å². The normalized spacial score (nSPS) is 15.8. The van der Waals surface area contributed by atoms with Crippen LogP contribution in [0, 0.1) is 3.70 Å². The van der Waals surface area contributed by atoms with Crippen LogP contribution in [0.2, 0.25) is 25.7 Å². The molecule has 0 bridgehead atoms. The number of ether oxygens (including phenoxy) is 3. The van der Waals surface area contributed by atoms with Gasteiger partial charge in [-0.15, -0.1) is 0 Å². The minimum absolute atomic E-state index is 0.000900. The Morgan fingerprint density at radius 2 is 1.97 bits per heavy atom. The number of carbonyl (C=O) groups is 1. The molecule has 0 saturated carbocycles. The lowest BCUT2D eigenvalue weighted by Gasteiger charge is -2.34. The Hall–Kier alpha value is -1.17. The van der Waals surface area contributed by atoms with Crippen molar-refractivity contribution in [2.24, 2.45) is 0 Å². The molecular formula is C23H36IN3O4Si. The molecule has 3 heterocycles. The predicted molar refractivity (Wildman–Crippen MR) is 139 cm³/mol. The number of hydrogen-bond donors (Lipinski definition) is 0. The molecule has 1 fully saturated rings. The van der Waals surface area contributed by atoms with Crippen molar-refractivity contribution in [3.05, 3.63) is 22.0 Å². The first-order chi connectivity index (χ1) is 14.9. The van der Waals surface area contributed by atoms with Crippen molar-refractivity contribution in [2.75, 3.05) is 24.7 Å². The SMILES string of the molecule is CC(C)(C)OC(=O)N(c1cc2c(cn1)cc(I)n2COCC[Si](C)(C)C)C1CCOCC1. The molecule has 3 rings (SSSR count). The lowest BCUT2D eigenvalue weighted by Crippen LogP contribution is -2.46. The van der Waals surface area contributed by atoms with Gasteiger partial charge in [-0.25, -0.2) is 9.78 Å². The van der Waals surface area contributed by atoms with Crippen LogP contribution in [0.15, 0.2) is 18.3 Å². The number of fused-ring (bicyclic) bond motifs is 1. The fraction of sp³-hybridized carbons (Fsp3) is 0.652. The van der Waals surface area contributed by atoms with Gasteiger partial charge in [0.15, 0.2) is 0 Å². The first kappa shape index (κ1) is 25.4. The molecule has 178 valence electrons. The molecule has 1 aliphatic rings. The van der Waals surface area contributed by atoms with Gasteiger partial charge in [0, 0.05) is 51.6 Å². The predicted octanol–water partition coefficient (Wildman–Crippen LogP) is 5.87. The summed E-state index contributed by atoms with van der Waals surface area (Å²) in [6, 6.07) is 5.21. The topological polar surface area (TPSA) is 65.8 Å². The number of hydrogen-bond acceptors (Lipinski definition) is 5. The highest BCUT2D eigenvalue weighted by molar-refractivity contribution is 14.1. The molecular weight excluding hydrogens is 537 g/mol. The number of nitrogens with zero attached hydrogens (tertiary/aromatic N) is 3. The Morgan fingerprint density at radius 3 is 2.59 bits per heavy atom. The fourth-order valence-electron chi connectivity index (χ4n) is 3.59. The minimum atomic E-state index is -1.14. The van der Waals surface area contributed by atoms with E-state index in [1.807, 2.05) is 33.0 Å². The first-order valence-electron chi connectivity index (χ1n) is 11.3. The number of pyridine rings is 1. The highest BCUT2D eigenvalue weighted by atomic mass is 127. The highest BCUT2D eigenvalue weighted by Gasteiger charge is 2.32. The van der Waals surface area contributed by atoms with Gasteiger partial charge in [0.2, 0.25) is 0 Å². The number of rotatable bonds is 7. The second-order valence-electron chi connectivity index (χ2n) is 10.5. The van der Waals surface area contributed by atoms with Gasteiger partial charge in [0.1, 0.15) is 18.1 Å². The van der Waals surface area contributed by atoms with E-state index >= 15 is 0 Å². The molecule has 9 heteroatoms. The van der Waals surface area contributed by atoms with Crippen LogP contribution in [0.25, 0.3) is 10.9 Å². The summed E-state index contributed by atoms with van der Waals surface area (Å²) < 4.78 is 20.5. The lowest BCUT2D eigenvalue weighted by molar-refractivity contribution is 0.0485. The van der Waals surface area contributed by atoms with Gasteiger partial charge in [-0.2, -0.15) is 0 Å². The van der Waals surface area contributed by atoms with Crippen LogP contribution in [-0.2, 0) is 20.9 Å². The maximum absolute atomic E-state index is 13.2. The van der Waals surface area contributed by atoms with E-state index in [1.54, 1.807) is 4.90 Å². The van der Waals surface area contributed by atoms with Crippen molar-refractivity contribution in [1.82, 2.24) is 9.55 Å². The summed E-state index contributed by atoms with van der Waals surface area (Å²) in [5.41, 5.74) is 0.428. The Labute approximate surface area is 205 Å². The lowest BCUT2D eigenvalue weighted by atomic mass is 10.1. The maximum atomic E-state index is 13.2. The fourth-order valence-corrected chi connectivity index (χ4v) is 5.08. The van der Waals surface area contributed by atoms with Gasteiger partial charge in [0.25, 0.3) is 0 Å². The summed E-state index contributed by atoms with van der Waals surface area (Å²) in [5, 5.41) is 1.03. The van der Waals surface area contributed by atoms with Crippen molar-refractivity contribution in [3.8, 4) is 0 Å². The molecule has 0 unspecified atom stereocenters. The third-order valence-electron chi connectivity index (χ3n) is 5.33. The van der Waals surface area contributed by atoms with Crippen LogP contribution in [0.3, 0.4) is 0 Å². The second kappa shape index (κ2) is 10.4. The van der Waals surface area contributed by atoms with E-state index in [1.165, 1.54) is 0 Å². The van der Waals surface area contributed by atoms with Crippen molar-refractivity contribution in [1.29, 1.82) is 0 Å². The monoisotopic (exact) mass is 573 g/mol. The summed E-state index contributed by atoms with van der Waals surface area (Å²) in [7, 11) is -1.14. The third-order valence-corrected chi connectivity index (χ3v) is 7.93. The number of carbonyl (C=O) groups excluding carboxylic acids is 1. The molecule has 0 atom stereocenters. The van der Waals surface area contributed by atoms with Crippen LogP contribution in [-0.4, -0.2) is 55.2 Å². The molecule has 0 aliphatic carbocycles. The maximum Gasteiger partial charge on any atom is 0.416 e. The minimum Gasteiger partial charge on any atom is -0.443 e. The van der Waals surface area contributed by atoms with Gasteiger partial charge in [-0.1, -0.05) is 19.6 Å². The number of aromatic nitrogens is 2. The summed E-state index contributed by atoms with van der Waals surface area (Å²) in [4.78, 5) is 19.5. The van der Waals surface area contributed by atoms with E-state index in [-0.39, 0.29) is 12.1 Å². The molecule has 0 aromatic carbocycles. The standard InChI is InChI=1S/C23H36IN3O4Si/c1-23(2,3)31-22(28)27(18-7-9-29-10-8-18)21-14-19-17(15-25-21)13-20(24)26(19)16-30-11-12-32(4,5)6/h13-15,18H,7-12,16H2,1-6H3. The number of anilines is 1. The van der Waals surface area contributed by atoms with Crippen LogP contribution in [0.5, 0.6) is 0 Å². The van der Waals surface area contributed by atoms with Gasteiger partial charge < -0.3 is 18.8 Å². The van der Waals surface area contributed by atoms with Gasteiger partial charge in [-0.3, -0.25) is 4.90 Å². The van der Waals surface area contributed by atoms with Gasteiger partial charge in [0.05, 0.1) is 9.22 Å². The molecule has 2 aromatic heterocycles. The quantitative estimate of drug-likeness (QED) is 0.236.